The number of esters is 1. The molecule has 0 saturated carbocycles. The minimum absolute atomic E-state index is 0.0116. The summed E-state index contributed by atoms with van der Waals surface area (Å²) in [4.78, 5) is 23.4. The summed E-state index contributed by atoms with van der Waals surface area (Å²) in [6.45, 7) is 2.24. The molecule has 1 amide bonds. The summed E-state index contributed by atoms with van der Waals surface area (Å²) < 4.78 is 44.7. The van der Waals surface area contributed by atoms with Crippen LogP contribution < -0.4 is 10.0 Å². The zero-order valence-electron chi connectivity index (χ0n) is 15.1. The third kappa shape index (κ3) is 6.01. The van der Waals surface area contributed by atoms with Crippen LogP contribution in [-0.2, 0) is 24.3 Å². The number of amides is 1. The van der Waals surface area contributed by atoms with Crippen molar-refractivity contribution in [3.05, 3.63) is 58.4 Å². The molecule has 0 spiro atoms. The molecule has 0 atom stereocenters. The molecule has 150 valence electrons. The summed E-state index contributed by atoms with van der Waals surface area (Å²) in [6.07, 6.45) is 0. The van der Waals surface area contributed by atoms with Crippen LogP contribution in [0.15, 0.2) is 41.3 Å². The molecular formula is C18H18ClFN2O5S. The molecule has 2 aromatic carbocycles. The SMILES string of the molecule is Cc1ccc(S(=O)(=O)NCC(=O)OCC(=O)Nc2cc(Cl)ccc2F)cc1C. The zero-order valence-corrected chi connectivity index (χ0v) is 16.7. The molecular weight excluding hydrogens is 411 g/mol. The van der Waals surface area contributed by atoms with E-state index >= 15 is 0 Å². The highest BCUT2D eigenvalue weighted by atomic mass is 35.5. The molecule has 0 aliphatic heterocycles. The molecule has 0 radical (unpaired) electrons. The fourth-order valence-corrected chi connectivity index (χ4v) is 3.32. The zero-order chi connectivity index (χ0) is 20.9. The van der Waals surface area contributed by atoms with Gasteiger partial charge in [-0.1, -0.05) is 17.7 Å². The first kappa shape index (κ1) is 21.8. The maximum absolute atomic E-state index is 13.5. The average Bonchev–Trinajstić information content (AvgIpc) is 2.63. The molecule has 0 aromatic heterocycles. The lowest BCUT2D eigenvalue weighted by Crippen LogP contribution is -2.32. The first-order valence-electron chi connectivity index (χ1n) is 8.06. The second-order valence-corrected chi connectivity index (χ2v) is 8.11. The number of sulfonamides is 1. The lowest BCUT2D eigenvalue weighted by molar-refractivity contribution is -0.146. The number of benzene rings is 2. The Hall–Kier alpha value is -2.49. The van der Waals surface area contributed by atoms with E-state index in [1.165, 1.54) is 24.3 Å². The molecule has 0 fully saturated rings. The first-order valence-corrected chi connectivity index (χ1v) is 9.92. The molecule has 0 aliphatic rings. The van der Waals surface area contributed by atoms with Gasteiger partial charge in [0.1, 0.15) is 12.4 Å². The van der Waals surface area contributed by atoms with Crippen LogP contribution in [0.1, 0.15) is 11.1 Å². The van der Waals surface area contributed by atoms with Crippen molar-refractivity contribution >= 4 is 39.2 Å². The fraction of sp³-hybridized carbons (Fsp3) is 0.222. The van der Waals surface area contributed by atoms with E-state index in [4.69, 9.17) is 11.6 Å². The summed E-state index contributed by atoms with van der Waals surface area (Å²) in [5.74, 6) is -2.47. The van der Waals surface area contributed by atoms with Crippen molar-refractivity contribution in [2.75, 3.05) is 18.5 Å². The van der Waals surface area contributed by atoms with Crippen LogP contribution in [0.5, 0.6) is 0 Å². The number of rotatable bonds is 7. The van der Waals surface area contributed by atoms with Gasteiger partial charge in [-0.05, 0) is 55.3 Å². The largest absolute Gasteiger partial charge is 0.455 e. The van der Waals surface area contributed by atoms with Crippen molar-refractivity contribution in [2.24, 2.45) is 0 Å². The van der Waals surface area contributed by atoms with Gasteiger partial charge in [-0.25, -0.2) is 12.8 Å². The summed E-state index contributed by atoms with van der Waals surface area (Å²) in [5.41, 5.74) is 1.56. The Labute approximate surface area is 166 Å². The van der Waals surface area contributed by atoms with Gasteiger partial charge in [-0.2, -0.15) is 4.72 Å². The number of carbonyl (C=O) groups excluding carboxylic acids is 2. The van der Waals surface area contributed by atoms with Crippen molar-refractivity contribution in [2.45, 2.75) is 18.7 Å². The Bertz CT molecular complexity index is 1010. The number of hydrogen-bond donors (Lipinski definition) is 2. The van der Waals surface area contributed by atoms with Gasteiger partial charge in [0.15, 0.2) is 6.61 Å². The molecule has 0 unspecified atom stereocenters. The number of ether oxygens (including phenoxy) is 1. The minimum Gasteiger partial charge on any atom is -0.455 e. The van der Waals surface area contributed by atoms with Crippen molar-refractivity contribution in [1.82, 2.24) is 4.72 Å². The van der Waals surface area contributed by atoms with E-state index in [2.05, 4.69) is 14.8 Å². The first-order chi connectivity index (χ1) is 13.1. The van der Waals surface area contributed by atoms with Gasteiger partial charge in [-0.15, -0.1) is 0 Å². The molecule has 0 aliphatic carbocycles. The quantitative estimate of drug-likeness (QED) is 0.660. The molecule has 7 nitrogen and oxygen atoms in total. The Morgan fingerprint density at radius 1 is 1.11 bits per heavy atom. The molecule has 28 heavy (non-hydrogen) atoms. The number of anilines is 1. The lowest BCUT2D eigenvalue weighted by Gasteiger charge is -2.10. The maximum atomic E-state index is 13.5. The Morgan fingerprint density at radius 3 is 2.50 bits per heavy atom. The number of halogens is 2. The second kappa shape index (κ2) is 9.13. The summed E-state index contributed by atoms with van der Waals surface area (Å²) >= 11 is 5.71. The second-order valence-electron chi connectivity index (χ2n) is 5.90. The van der Waals surface area contributed by atoms with Crippen molar-refractivity contribution < 1.29 is 27.1 Å². The Morgan fingerprint density at radius 2 is 1.82 bits per heavy atom. The summed E-state index contributed by atoms with van der Waals surface area (Å²) in [5, 5.41) is 2.42. The van der Waals surface area contributed by atoms with Crippen LogP contribution in [-0.4, -0.2) is 33.4 Å². The van der Waals surface area contributed by atoms with Gasteiger partial charge in [0.2, 0.25) is 10.0 Å². The van der Waals surface area contributed by atoms with Gasteiger partial charge in [0, 0.05) is 5.02 Å². The van der Waals surface area contributed by atoms with Gasteiger partial charge < -0.3 is 10.1 Å². The van der Waals surface area contributed by atoms with Gasteiger partial charge in [0.05, 0.1) is 10.6 Å². The smallest absolute Gasteiger partial charge is 0.321 e. The third-order valence-corrected chi connectivity index (χ3v) is 5.40. The van der Waals surface area contributed by atoms with E-state index in [0.717, 1.165) is 17.2 Å². The van der Waals surface area contributed by atoms with Crippen LogP contribution in [0.4, 0.5) is 10.1 Å². The molecule has 10 heteroatoms. The minimum atomic E-state index is -3.91. The number of aryl methyl sites for hydroxylation is 2. The van der Waals surface area contributed by atoms with Gasteiger partial charge in [-0.3, -0.25) is 9.59 Å². The fourth-order valence-electron chi connectivity index (χ4n) is 2.09. The highest BCUT2D eigenvalue weighted by Gasteiger charge is 2.17. The van der Waals surface area contributed by atoms with Gasteiger partial charge >= 0.3 is 5.97 Å². The summed E-state index contributed by atoms with van der Waals surface area (Å²) in [6, 6.07) is 8.15. The molecule has 2 N–H and O–H groups in total. The maximum Gasteiger partial charge on any atom is 0.321 e. The predicted molar refractivity (Wildman–Crippen MR) is 102 cm³/mol. The monoisotopic (exact) mass is 428 g/mol. The van der Waals surface area contributed by atoms with Crippen LogP contribution in [0.25, 0.3) is 0 Å². The topological polar surface area (TPSA) is 102 Å². The number of carbonyl (C=O) groups is 2. The van der Waals surface area contributed by atoms with E-state index in [1.54, 1.807) is 13.0 Å². The average molecular weight is 429 g/mol. The standard InChI is InChI=1S/C18H18ClFN2O5S/c1-11-3-5-14(7-12(11)2)28(25,26)21-9-18(24)27-10-17(23)22-16-8-13(19)4-6-15(16)20/h3-8,21H,9-10H2,1-2H3,(H,22,23). The van der Waals surface area contributed by atoms with E-state index in [9.17, 15) is 22.4 Å². The van der Waals surface area contributed by atoms with E-state index in [-0.39, 0.29) is 15.6 Å². The normalized spacial score (nSPS) is 11.1. The number of nitrogens with one attached hydrogen (secondary N) is 2. The van der Waals surface area contributed by atoms with Gasteiger partial charge in [0.25, 0.3) is 5.91 Å². The van der Waals surface area contributed by atoms with Crippen LogP contribution in [0.2, 0.25) is 5.02 Å². The van der Waals surface area contributed by atoms with Crippen LogP contribution >= 0.6 is 11.6 Å². The van der Waals surface area contributed by atoms with Crippen molar-refractivity contribution in [1.29, 1.82) is 0 Å². The molecule has 2 aromatic rings. The highest BCUT2D eigenvalue weighted by Crippen LogP contribution is 2.19. The van der Waals surface area contributed by atoms with E-state index in [1.807, 2.05) is 6.92 Å². The van der Waals surface area contributed by atoms with Crippen LogP contribution in [0, 0.1) is 19.7 Å². The molecule has 0 saturated heterocycles. The highest BCUT2D eigenvalue weighted by molar-refractivity contribution is 7.89. The van der Waals surface area contributed by atoms with Crippen LogP contribution in [0.3, 0.4) is 0 Å². The number of hydrogen-bond acceptors (Lipinski definition) is 5. The molecule has 0 bridgehead atoms. The van der Waals surface area contributed by atoms with E-state index < -0.39 is 40.9 Å². The lowest BCUT2D eigenvalue weighted by atomic mass is 10.1. The Kier molecular flexibility index (Phi) is 7.11. The van der Waals surface area contributed by atoms with Crippen molar-refractivity contribution in [3.63, 3.8) is 0 Å². The molecule has 0 heterocycles. The predicted octanol–water partition coefficient (Wildman–Crippen LogP) is 2.56. The summed E-state index contributed by atoms with van der Waals surface area (Å²) in [7, 11) is -3.91. The third-order valence-electron chi connectivity index (χ3n) is 3.76. The van der Waals surface area contributed by atoms with Crippen molar-refractivity contribution in [3.8, 4) is 0 Å². The van der Waals surface area contributed by atoms with E-state index in [0.29, 0.717) is 0 Å². The Balaban J connectivity index is 1.85. The molecule has 2 rings (SSSR count).